The van der Waals surface area contributed by atoms with Gasteiger partial charge in [0.1, 0.15) is 24.5 Å². The summed E-state index contributed by atoms with van der Waals surface area (Å²) in [5, 5.41) is 13.6. The minimum absolute atomic E-state index is 0.0169. The summed E-state index contributed by atoms with van der Waals surface area (Å²) < 4.78 is 27.2. The molecule has 0 spiro atoms. The van der Waals surface area contributed by atoms with Crippen molar-refractivity contribution in [3.8, 4) is 5.75 Å². The van der Waals surface area contributed by atoms with Gasteiger partial charge in [-0.05, 0) is 6.07 Å². The summed E-state index contributed by atoms with van der Waals surface area (Å²) in [4.78, 5) is 57.2. The highest BCUT2D eigenvalue weighted by atomic mass is 16.7. The fourth-order valence-electron chi connectivity index (χ4n) is 3.20. The monoisotopic (exact) mass is 468 g/mol. The van der Waals surface area contributed by atoms with Crippen LogP contribution in [0.25, 0.3) is 0 Å². The summed E-state index contributed by atoms with van der Waals surface area (Å²) in [6, 6.07) is 3.99. The van der Waals surface area contributed by atoms with Crippen LogP contribution in [0.15, 0.2) is 24.3 Å². The van der Waals surface area contributed by atoms with E-state index in [0.29, 0.717) is 0 Å². The maximum Gasteiger partial charge on any atom is 0.303 e. The first-order chi connectivity index (χ1) is 15.5. The highest BCUT2D eigenvalue weighted by molar-refractivity contribution is 5.73. The number of nitro benzene ring substituents is 1. The number of nitrogens with zero attached hydrogens (tertiary/aromatic N) is 1. The summed E-state index contributed by atoms with van der Waals surface area (Å²) in [5.74, 6) is -2.68. The van der Waals surface area contributed by atoms with E-state index in [1.807, 2.05) is 0 Å². The zero-order chi connectivity index (χ0) is 24.7. The van der Waals surface area contributed by atoms with Crippen LogP contribution in [0.2, 0.25) is 0 Å². The highest BCUT2D eigenvalue weighted by Crippen LogP contribution is 2.30. The van der Waals surface area contributed by atoms with Gasteiger partial charge < -0.3 is 29.0 Å². The third-order valence-electron chi connectivity index (χ3n) is 4.35. The van der Waals surface area contributed by atoms with E-state index in [2.05, 4.69) is 5.32 Å². The Morgan fingerprint density at radius 1 is 1.03 bits per heavy atom. The number of hydrogen-bond acceptors (Lipinski definition) is 11. The Morgan fingerprint density at radius 2 is 1.67 bits per heavy atom. The van der Waals surface area contributed by atoms with E-state index in [1.54, 1.807) is 0 Å². The quantitative estimate of drug-likeness (QED) is 0.246. The molecule has 0 radical (unpaired) electrons. The van der Waals surface area contributed by atoms with Crippen molar-refractivity contribution in [2.24, 2.45) is 0 Å². The van der Waals surface area contributed by atoms with Crippen LogP contribution >= 0.6 is 0 Å². The Labute approximate surface area is 188 Å². The molecule has 1 heterocycles. The molecule has 1 aliphatic rings. The molecule has 1 saturated heterocycles. The number of benzene rings is 1. The van der Waals surface area contributed by atoms with Crippen LogP contribution in [0, 0.1) is 10.1 Å². The molecule has 0 aliphatic carbocycles. The first-order valence-electron chi connectivity index (χ1n) is 9.79. The first kappa shape index (κ1) is 25.5. The second kappa shape index (κ2) is 11.2. The third kappa shape index (κ3) is 7.42. The smallest absolute Gasteiger partial charge is 0.303 e. The zero-order valence-electron chi connectivity index (χ0n) is 18.3. The third-order valence-corrected chi connectivity index (χ3v) is 4.35. The summed E-state index contributed by atoms with van der Waals surface area (Å²) in [6.07, 6.45) is -5.09. The number of hydrogen-bond donors (Lipinski definition) is 1. The van der Waals surface area contributed by atoms with Gasteiger partial charge >= 0.3 is 17.9 Å². The number of amides is 1. The predicted octanol–water partition coefficient (Wildman–Crippen LogP) is 0.630. The lowest BCUT2D eigenvalue weighted by molar-refractivity contribution is -0.385. The van der Waals surface area contributed by atoms with E-state index >= 15 is 0 Å². The fourth-order valence-corrected chi connectivity index (χ4v) is 3.20. The maximum absolute atomic E-state index is 11.9. The molecule has 33 heavy (non-hydrogen) atoms. The van der Waals surface area contributed by atoms with Gasteiger partial charge in [-0.15, -0.1) is 0 Å². The average Bonchev–Trinajstić information content (AvgIpc) is 2.70. The van der Waals surface area contributed by atoms with E-state index in [-0.39, 0.29) is 11.4 Å². The van der Waals surface area contributed by atoms with Gasteiger partial charge in [-0.1, -0.05) is 6.07 Å². The van der Waals surface area contributed by atoms with E-state index in [0.717, 1.165) is 26.8 Å². The summed E-state index contributed by atoms with van der Waals surface area (Å²) in [7, 11) is 0. The standard InChI is InChI=1S/C20H24N2O11/c1-10(23)21-17-19(31-13(4)26)18(30-12(3)25)16(9-29-11(2)24)33-20(17)32-15-7-5-6-14(8-15)22(27)28/h5-8,16-20H,9H2,1-4H3,(H,21,23)/t16-,17-,18+,19-,20-/m0/s1. The van der Waals surface area contributed by atoms with E-state index < -0.39 is 66.0 Å². The van der Waals surface area contributed by atoms with Gasteiger partial charge in [0.05, 0.1) is 11.0 Å². The van der Waals surface area contributed by atoms with Crippen molar-refractivity contribution < 1.29 is 47.8 Å². The number of nitro groups is 1. The second-order valence-electron chi connectivity index (χ2n) is 7.09. The Balaban J connectivity index is 2.47. The lowest BCUT2D eigenvalue weighted by Crippen LogP contribution is -2.67. The van der Waals surface area contributed by atoms with Crippen molar-refractivity contribution in [3.05, 3.63) is 34.4 Å². The molecule has 1 amide bonds. The number of esters is 3. The maximum atomic E-state index is 11.9. The molecule has 0 aromatic heterocycles. The van der Waals surface area contributed by atoms with E-state index in [9.17, 15) is 29.3 Å². The summed E-state index contributed by atoms with van der Waals surface area (Å²) >= 11 is 0. The summed E-state index contributed by atoms with van der Waals surface area (Å²) in [6.45, 7) is 4.19. The van der Waals surface area contributed by atoms with Crippen LogP contribution in [-0.2, 0) is 38.1 Å². The molecule has 5 atom stereocenters. The van der Waals surface area contributed by atoms with E-state index in [1.165, 1.54) is 25.1 Å². The molecule has 1 N–H and O–H groups in total. The molecule has 0 bridgehead atoms. The van der Waals surface area contributed by atoms with Gasteiger partial charge in [0.25, 0.3) is 5.69 Å². The van der Waals surface area contributed by atoms with Crippen molar-refractivity contribution >= 4 is 29.5 Å². The minimum Gasteiger partial charge on any atom is -0.463 e. The first-order valence-corrected chi connectivity index (χ1v) is 9.79. The van der Waals surface area contributed by atoms with Gasteiger partial charge in [0, 0.05) is 33.8 Å². The molecule has 1 fully saturated rings. The Kier molecular flexibility index (Phi) is 8.68. The normalized spacial score (nSPS) is 24.2. The molecule has 2 rings (SSSR count). The molecule has 1 aromatic carbocycles. The van der Waals surface area contributed by atoms with Crippen molar-refractivity contribution in [2.75, 3.05) is 6.61 Å². The Bertz CT molecular complexity index is 919. The number of nitrogens with one attached hydrogen (secondary N) is 1. The largest absolute Gasteiger partial charge is 0.463 e. The topological polar surface area (TPSA) is 170 Å². The van der Waals surface area contributed by atoms with Crippen molar-refractivity contribution in [1.82, 2.24) is 5.32 Å². The molecule has 1 aromatic rings. The molecular weight excluding hydrogens is 444 g/mol. The van der Waals surface area contributed by atoms with Crippen LogP contribution in [0.1, 0.15) is 27.7 Å². The number of non-ortho nitro benzene ring substituents is 1. The molecule has 13 heteroatoms. The number of carbonyl (C=O) groups is 4. The number of ether oxygens (including phenoxy) is 5. The van der Waals surface area contributed by atoms with Crippen LogP contribution in [-0.4, -0.2) is 66.0 Å². The molecule has 13 nitrogen and oxygen atoms in total. The average molecular weight is 468 g/mol. The highest BCUT2D eigenvalue weighted by Gasteiger charge is 2.52. The van der Waals surface area contributed by atoms with Gasteiger partial charge in [-0.3, -0.25) is 29.3 Å². The Morgan fingerprint density at radius 3 is 2.21 bits per heavy atom. The molecular formula is C20H24N2O11. The Hall–Kier alpha value is -3.74. The number of rotatable bonds is 8. The molecule has 0 unspecified atom stereocenters. The zero-order valence-corrected chi connectivity index (χ0v) is 18.3. The van der Waals surface area contributed by atoms with Crippen molar-refractivity contribution in [2.45, 2.75) is 58.3 Å². The number of carbonyl (C=O) groups excluding carboxylic acids is 4. The fraction of sp³-hybridized carbons (Fsp3) is 0.500. The van der Waals surface area contributed by atoms with Gasteiger partial charge in [-0.25, -0.2) is 0 Å². The van der Waals surface area contributed by atoms with Crippen LogP contribution < -0.4 is 10.1 Å². The van der Waals surface area contributed by atoms with Gasteiger partial charge in [-0.2, -0.15) is 0 Å². The lowest BCUT2D eigenvalue weighted by Gasteiger charge is -2.44. The predicted molar refractivity (Wildman–Crippen MR) is 108 cm³/mol. The van der Waals surface area contributed by atoms with Crippen molar-refractivity contribution in [1.29, 1.82) is 0 Å². The van der Waals surface area contributed by atoms with Crippen LogP contribution in [0.4, 0.5) is 5.69 Å². The SMILES string of the molecule is CC(=O)N[C@@H]1[C@@H](Oc2cccc([N+](=O)[O-])c2)O[C@@H](COC(C)=O)[C@@H](OC(C)=O)[C@H]1OC(C)=O. The van der Waals surface area contributed by atoms with Crippen LogP contribution in [0.3, 0.4) is 0 Å². The molecule has 180 valence electrons. The van der Waals surface area contributed by atoms with Crippen molar-refractivity contribution in [3.63, 3.8) is 0 Å². The summed E-state index contributed by atoms with van der Waals surface area (Å²) in [5.41, 5.74) is -0.259. The molecule has 1 aliphatic heterocycles. The van der Waals surface area contributed by atoms with Crippen LogP contribution in [0.5, 0.6) is 5.75 Å². The van der Waals surface area contributed by atoms with E-state index in [4.69, 9.17) is 23.7 Å². The van der Waals surface area contributed by atoms with Gasteiger partial charge in [0.2, 0.25) is 12.2 Å². The lowest BCUT2D eigenvalue weighted by atomic mass is 9.96. The van der Waals surface area contributed by atoms with Gasteiger partial charge in [0.15, 0.2) is 12.2 Å². The minimum atomic E-state index is -1.37. The molecule has 0 saturated carbocycles. The second-order valence-corrected chi connectivity index (χ2v) is 7.09.